The normalized spacial score (nSPS) is 16.9. The first-order chi connectivity index (χ1) is 20.1. The number of carboxylic acid groups (broad SMARTS) is 2. The van der Waals surface area contributed by atoms with Crippen molar-refractivity contribution in [1.82, 2.24) is 24.6 Å². The zero-order valence-corrected chi connectivity index (χ0v) is 22.9. The van der Waals surface area contributed by atoms with Crippen molar-refractivity contribution in [1.29, 1.82) is 0 Å². The molecule has 1 fully saturated rings. The summed E-state index contributed by atoms with van der Waals surface area (Å²) in [4.78, 5) is 33.3. The van der Waals surface area contributed by atoms with Crippen molar-refractivity contribution in [2.45, 2.75) is 31.7 Å². The monoisotopic (exact) mass is 634 g/mol. The van der Waals surface area contributed by atoms with Gasteiger partial charge in [-0.2, -0.15) is 36.0 Å². The summed E-state index contributed by atoms with van der Waals surface area (Å²) >= 11 is 1.56. The van der Waals surface area contributed by atoms with Gasteiger partial charge in [-0.05, 0) is 30.5 Å². The van der Waals surface area contributed by atoms with E-state index in [0.717, 1.165) is 47.1 Å². The summed E-state index contributed by atoms with van der Waals surface area (Å²) < 4.78 is 65.3. The number of rotatable bonds is 4. The fourth-order valence-electron chi connectivity index (χ4n) is 3.91. The van der Waals surface area contributed by atoms with Crippen molar-refractivity contribution >= 4 is 46.1 Å². The predicted molar refractivity (Wildman–Crippen MR) is 143 cm³/mol. The Morgan fingerprint density at radius 3 is 2.21 bits per heavy atom. The Bertz CT molecular complexity index is 1500. The van der Waals surface area contributed by atoms with Crippen LogP contribution >= 0.6 is 11.3 Å². The van der Waals surface area contributed by atoms with Crippen LogP contribution in [0.5, 0.6) is 0 Å². The number of aliphatic carboxylic acids is 2. The molecule has 0 spiro atoms. The van der Waals surface area contributed by atoms with Crippen LogP contribution in [0.1, 0.15) is 13.3 Å². The lowest BCUT2D eigenvalue weighted by molar-refractivity contribution is -0.193. The summed E-state index contributed by atoms with van der Waals surface area (Å²) in [6.45, 7) is 4.05. The largest absolute Gasteiger partial charge is 0.490 e. The van der Waals surface area contributed by atoms with Gasteiger partial charge in [-0.15, -0.1) is 11.3 Å². The minimum Gasteiger partial charge on any atom is -0.475 e. The maximum absolute atomic E-state index is 10.6. The molecule has 1 aliphatic heterocycles. The molecule has 5 heterocycles. The second-order valence-corrected chi connectivity index (χ2v) is 10.00. The summed E-state index contributed by atoms with van der Waals surface area (Å²) in [5.74, 6) is -4.32. The molecule has 0 amide bonds. The molecule has 4 aromatic heterocycles. The van der Waals surface area contributed by atoms with Crippen LogP contribution in [0.2, 0.25) is 0 Å². The molecule has 0 unspecified atom stereocenters. The number of imidazole rings is 1. The van der Waals surface area contributed by atoms with Crippen LogP contribution in [-0.2, 0) is 9.59 Å². The van der Waals surface area contributed by atoms with E-state index in [1.54, 1.807) is 28.2 Å². The van der Waals surface area contributed by atoms with Crippen molar-refractivity contribution in [3.63, 3.8) is 0 Å². The second-order valence-electron chi connectivity index (χ2n) is 9.10. The Labute approximate surface area is 242 Å². The van der Waals surface area contributed by atoms with E-state index >= 15 is 0 Å². The number of fused-ring (bicyclic) bond motifs is 1. The standard InChI is InChI=1S/C20H22N8S.2C2HF3O2/c1-13-8-14(21)12-27(11-13)18-4-5-22-10-17(18)25-20-24-9-15-2-3-16(26-28(15)20)19-23-6-7-29-19;2*3-2(4,5)1(6)7/h2-7,9-10,13-14H,8,11-12,21H2,1H3,(H,24,25);2*(H,6,7)/t13-,14+;;/m1../s1. The summed E-state index contributed by atoms with van der Waals surface area (Å²) in [7, 11) is 0. The number of hydrogen-bond acceptors (Lipinski definition) is 10. The average molecular weight is 635 g/mol. The summed E-state index contributed by atoms with van der Waals surface area (Å²) in [6, 6.07) is 6.16. The molecule has 5 rings (SSSR count). The number of nitrogens with two attached hydrogens (primary N) is 1. The van der Waals surface area contributed by atoms with Gasteiger partial charge in [0.25, 0.3) is 0 Å². The SMILES string of the molecule is C[C@@H]1C[C@H](N)CN(c2ccncc2Nc2ncc3ccc(-c4nccs4)nn23)C1.O=C(O)C(F)(F)F.O=C(O)C(F)(F)F. The molecule has 12 nitrogen and oxygen atoms in total. The predicted octanol–water partition coefficient (Wildman–Crippen LogP) is 4.43. The van der Waals surface area contributed by atoms with Crippen LogP contribution in [0.3, 0.4) is 0 Å². The minimum absolute atomic E-state index is 0.176. The highest BCUT2D eigenvalue weighted by molar-refractivity contribution is 7.13. The first kappa shape index (κ1) is 33.0. The molecule has 0 bridgehead atoms. The number of piperidine rings is 1. The average Bonchev–Trinajstić information content (AvgIpc) is 3.59. The van der Waals surface area contributed by atoms with Gasteiger partial charge >= 0.3 is 24.3 Å². The molecular weight excluding hydrogens is 610 g/mol. The molecular formula is C24H24F6N8O4S. The van der Waals surface area contributed by atoms with Crippen LogP contribution < -0.4 is 16.0 Å². The van der Waals surface area contributed by atoms with E-state index < -0.39 is 24.3 Å². The molecule has 2 atom stereocenters. The number of aromatic nitrogens is 5. The first-order valence-electron chi connectivity index (χ1n) is 12.1. The zero-order chi connectivity index (χ0) is 31.9. The van der Waals surface area contributed by atoms with Gasteiger partial charge in [0, 0.05) is 36.9 Å². The van der Waals surface area contributed by atoms with Crippen molar-refractivity contribution in [2.75, 3.05) is 23.3 Å². The number of anilines is 3. The molecule has 5 N–H and O–H groups in total. The number of thiazole rings is 1. The number of carboxylic acids is 2. The van der Waals surface area contributed by atoms with E-state index in [0.29, 0.717) is 11.9 Å². The molecule has 232 valence electrons. The number of halogens is 6. The molecule has 0 aliphatic carbocycles. The summed E-state index contributed by atoms with van der Waals surface area (Å²) in [5.41, 5.74) is 9.96. The zero-order valence-electron chi connectivity index (χ0n) is 22.0. The highest BCUT2D eigenvalue weighted by Gasteiger charge is 2.38. The minimum atomic E-state index is -5.08. The smallest absolute Gasteiger partial charge is 0.475 e. The lowest BCUT2D eigenvalue weighted by atomic mass is 9.96. The summed E-state index contributed by atoms with van der Waals surface area (Å²) in [5, 5.41) is 25.2. The van der Waals surface area contributed by atoms with E-state index in [-0.39, 0.29) is 6.04 Å². The maximum atomic E-state index is 10.6. The van der Waals surface area contributed by atoms with Gasteiger partial charge < -0.3 is 26.2 Å². The number of hydrogen-bond donors (Lipinski definition) is 4. The number of alkyl halides is 6. The van der Waals surface area contributed by atoms with Crippen molar-refractivity contribution < 1.29 is 46.1 Å². The molecule has 0 saturated carbocycles. The lowest BCUT2D eigenvalue weighted by Gasteiger charge is -2.37. The van der Waals surface area contributed by atoms with E-state index in [2.05, 4.69) is 32.1 Å². The molecule has 4 aromatic rings. The molecule has 0 aromatic carbocycles. The quantitative estimate of drug-likeness (QED) is 0.234. The molecule has 43 heavy (non-hydrogen) atoms. The third-order valence-electron chi connectivity index (χ3n) is 5.60. The van der Waals surface area contributed by atoms with Gasteiger partial charge in [0.1, 0.15) is 10.7 Å². The van der Waals surface area contributed by atoms with Crippen molar-refractivity contribution in [2.24, 2.45) is 11.7 Å². The highest BCUT2D eigenvalue weighted by Crippen LogP contribution is 2.31. The van der Waals surface area contributed by atoms with E-state index in [1.165, 1.54) is 0 Å². The van der Waals surface area contributed by atoms with Crippen LogP contribution in [-0.4, -0.2) is 78.2 Å². The van der Waals surface area contributed by atoms with E-state index in [9.17, 15) is 26.3 Å². The van der Waals surface area contributed by atoms with E-state index in [1.807, 2.05) is 36.0 Å². The fourth-order valence-corrected chi connectivity index (χ4v) is 4.51. The number of nitrogens with one attached hydrogen (secondary N) is 1. The van der Waals surface area contributed by atoms with Crippen LogP contribution in [0, 0.1) is 5.92 Å². The Kier molecular flexibility index (Phi) is 10.5. The van der Waals surface area contributed by atoms with Gasteiger partial charge in [-0.3, -0.25) is 4.98 Å². The van der Waals surface area contributed by atoms with E-state index in [4.69, 9.17) is 30.6 Å². The first-order valence-corrected chi connectivity index (χ1v) is 13.0. The van der Waals surface area contributed by atoms with Gasteiger partial charge in [0.2, 0.25) is 5.95 Å². The van der Waals surface area contributed by atoms with Crippen molar-refractivity contribution in [3.05, 3.63) is 48.4 Å². The number of pyridine rings is 1. The Morgan fingerprint density at radius 2 is 1.65 bits per heavy atom. The third kappa shape index (κ3) is 9.23. The Balaban J connectivity index is 0.000000303. The summed E-state index contributed by atoms with van der Waals surface area (Å²) in [6.07, 6.45) is -1.89. The van der Waals surface area contributed by atoms with Crippen LogP contribution in [0.4, 0.5) is 43.7 Å². The Hall–Kier alpha value is -4.52. The van der Waals surface area contributed by atoms with Crippen LogP contribution in [0.15, 0.2) is 48.4 Å². The van der Waals surface area contributed by atoms with Gasteiger partial charge in [0.15, 0.2) is 0 Å². The molecule has 1 aliphatic rings. The Morgan fingerprint density at radius 1 is 1.00 bits per heavy atom. The third-order valence-corrected chi connectivity index (χ3v) is 6.39. The number of carbonyl (C=O) groups is 2. The van der Waals surface area contributed by atoms with Crippen molar-refractivity contribution in [3.8, 4) is 10.7 Å². The highest BCUT2D eigenvalue weighted by atomic mass is 32.1. The molecule has 19 heteroatoms. The van der Waals surface area contributed by atoms with Gasteiger partial charge in [-0.25, -0.2) is 19.6 Å². The lowest BCUT2D eigenvalue weighted by Crippen LogP contribution is -2.46. The molecule has 0 radical (unpaired) electrons. The van der Waals surface area contributed by atoms with Gasteiger partial charge in [0.05, 0.1) is 29.3 Å². The molecule has 1 saturated heterocycles. The fraction of sp³-hybridized carbons (Fsp3) is 0.333. The van der Waals surface area contributed by atoms with Crippen LogP contribution in [0.25, 0.3) is 16.2 Å². The topological polar surface area (TPSA) is 172 Å². The number of nitrogens with zero attached hydrogens (tertiary/aromatic N) is 6. The second kappa shape index (κ2) is 13.6. The maximum Gasteiger partial charge on any atom is 0.490 e. The van der Waals surface area contributed by atoms with Gasteiger partial charge in [-0.1, -0.05) is 6.92 Å².